The minimum absolute atomic E-state index is 0.586. The third-order valence-electron chi connectivity index (χ3n) is 3.49. The molecule has 26 heteroatoms. The first kappa shape index (κ1) is 35.9. The van der Waals surface area contributed by atoms with Gasteiger partial charge in [-0.05, 0) is 24.3 Å². The molecule has 236 valence electrons. The molecule has 0 bridgehead atoms. The van der Waals surface area contributed by atoms with Crippen LogP contribution in [0, 0.1) is 0 Å². The smallest absolute Gasteiger partial charge is 0.372 e. The Hall–Kier alpha value is -4.10. The summed E-state index contributed by atoms with van der Waals surface area (Å²) in [6.07, 6.45) is -9.09. The Labute approximate surface area is 223 Å². The van der Waals surface area contributed by atoms with Crippen molar-refractivity contribution in [2.45, 2.75) is 23.4 Å². The number of carbonyl (C=O) groups excluding carboxylic acids is 2. The maximum absolute atomic E-state index is 12.1. The lowest BCUT2D eigenvalue weighted by atomic mass is 10.4. The molecule has 2 heterocycles. The number of nitrogens with zero attached hydrogens (tertiary/aromatic N) is 2. The highest BCUT2D eigenvalue weighted by molar-refractivity contribution is 7.88. The second-order valence-electron chi connectivity index (χ2n) is 6.57. The predicted molar refractivity (Wildman–Crippen MR) is 109 cm³/mol. The summed E-state index contributed by atoms with van der Waals surface area (Å²) in [6, 6.07) is 2.96. The summed E-state index contributed by atoms with van der Waals surface area (Å²) in [6.45, 7) is 0. The lowest BCUT2D eigenvalue weighted by Crippen LogP contribution is -2.31. The van der Waals surface area contributed by atoms with Gasteiger partial charge in [0, 0.05) is 12.4 Å². The number of aromatic nitrogens is 2. The van der Waals surface area contributed by atoms with E-state index in [4.69, 9.17) is 0 Å². The summed E-state index contributed by atoms with van der Waals surface area (Å²) in [5.74, 6) is -9.81. The van der Waals surface area contributed by atoms with Crippen molar-refractivity contribution in [2.75, 3.05) is 10.6 Å². The van der Waals surface area contributed by atoms with E-state index in [1.807, 2.05) is 0 Å². The number of alkyl halides is 12. The minimum Gasteiger partial charge on any atom is -0.372 e. The van der Waals surface area contributed by atoms with Crippen LogP contribution in [0.2, 0.25) is 0 Å². The quantitative estimate of drug-likeness (QED) is 0.262. The molecule has 2 aromatic heterocycles. The van der Waals surface area contributed by atoms with Gasteiger partial charge in [-0.25, -0.2) is 9.97 Å². The van der Waals surface area contributed by atoms with Gasteiger partial charge in [0.05, 0.1) is 0 Å². The molecule has 2 N–H and O–H groups in total. The highest BCUT2D eigenvalue weighted by Gasteiger charge is 2.50. The zero-order chi connectivity index (χ0) is 32.9. The molecule has 0 spiro atoms. The van der Waals surface area contributed by atoms with Crippen LogP contribution in [-0.2, 0) is 29.8 Å². The zero-order valence-corrected chi connectivity index (χ0v) is 20.6. The summed E-state index contributed by atoms with van der Waals surface area (Å²) in [7, 11) is -12.2. The van der Waals surface area contributed by atoms with E-state index in [0.29, 0.717) is 12.1 Å². The van der Waals surface area contributed by atoms with Gasteiger partial charge in [-0.2, -0.15) is 69.5 Å². The third-order valence-corrected chi connectivity index (χ3v) is 5.42. The fraction of sp³-hybridized carbons (Fsp3) is 0.250. The molecular formula is C16H8F12N4O8S2. The molecule has 0 aliphatic heterocycles. The Balaban J connectivity index is 0.000000420. The fourth-order valence-corrected chi connectivity index (χ4v) is 2.72. The lowest BCUT2D eigenvalue weighted by Gasteiger charge is -2.13. The van der Waals surface area contributed by atoms with Gasteiger partial charge in [-0.3, -0.25) is 20.2 Å². The van der Waals surface area contributed by atoms with Crippen molar-refractivity contribution < 1.29 is 87.5 Å². The van der Waals surface area contributed by atoms with E-state index in [0.717, 1.165) is 35.2 Å². The molecule has 0 aliphatic carbocycles. The van der Waals surface area contributed by atoms with Crippen LogP contribution in [0.25, 0.3) is 0 Å². The van der Waals surface area contributed by atoms with E-state index in [9.17, 15) is 79.1 Å². The number of halogens is 12. The van der Waals surface area contributed by atoms with Crippen molar-refractivity contribution >= 4 is 43.7 Å². The van der Waals surface area contributed by atoms with Crippen molar-refractivity contribution in [2.24, 2.45) is 0 Å². The van der Waals surface area contributed by atoms with Crippen LogP contribution in [0.5, 0.6) is 11.5 Å². The summed E-state index contributed by atoms with van der Waals surface area (Å²) < 4.78 is 195. The first-order chi connectivity index (χ1) is 18.7. The Morgan fingerprint density at radius 2 is 0.881 bits per heavy atom. The van der Waals surface area contributed by atoms with Crippen molar-refractivity contribution in [3.8, 4) is 11.5 Å². The fourth-order valence-electron chi connectivity index (χ4n) is 1.79. The van der Waals surface area contributed by atoms with E-state index in [-0.39, 0.29) is 0 Å². The van der Waals surface area contributed by atoms with Gasteiger partial charge in [-0.1, -0.05) is 0 Å². The Kier molecular flexibility index (Phi) is 10.6. The van der Waals surface area contributed by atoms with Crippen LogP contribution in [0.15, 0.2) is 36.7 Å². The van der Waals surface area contributed by atoms with E-state index >= 15 is 0 Å². The molecule has 42 heavy (non-hydrogen) atoms. The van der Waals surface area contributed by atoms with Gasteiger partial charge in [0.1, 0.15) is 0 Å². The SMILES string of the molecule is O=C(Nc1ncccc1OS(=O)(=O)C(F)(F)F)C(F)(F)F.O=C(Nc1ncccc1OS(=O)(=O)C(F)(F)F)C(F)(F)F. The Bertz CT molecular complexity index is 1390. The largest absolute Gasteiger partial charge is 0.534 e. The number of carbonyl (C=O) groups is 2. The van der Waals surface area contributed by atoms with Gasteiger partial charge in [0.2, 0.25) is 0 Å². The van der Waals surface area contributed by atoms with Crippen molar-refractivity contribution in [3.05, 3.63) is 36.7 Å². The van der Waals surface area contributed by atoms with Gasteiger partial charge < -0.3 is 8.37 Å². The standard InChI is InChI=1S/2C8H4F6N2O4S/c2*9-7(10,11)6(17)16-5-4(2-1-3-15-5)20-21(18,19)8(12,13)14/h2*1-3H,(H,15,16,17). The average Bonchev–Trinajstić information content (AvgIpc) is 2.79. The molecule has 0 aromatic carbocycles. The molecule has 0 aliphatic rings. The zero-order valence-electron chi connectivity index (χ0n) is 19.0. The number of nitrogens with one attached hydrogen (secondary N) is 2. The number of anilines is 2. The molecule has 12 nitrogen and oxygen atoms in total. The lowest BCUT2D eigenvalue weighted by molar-refractivity contribution is -0.167. The van der Waals surface area contributed by atoms with E-state index in [2.05, 4.69) is 18.3 Å². The first-order valence-corrected chi connectivity index (χ1v) is 12.2. The van der Waals surface area contributed by atoms with Crippen molar-refractivity contribution in [1.82, 2.24) is 9.97 Å². The molecule has 2 amide bonds. The maximum atomic E-state index is 12.1. The van der Waals surface area contributed by atoms with Crippen LogP contribution < -0.4 is 19.0 Å². The van der Waals surface area contributed by atoms with Gasteiger partial charge in [-0.15, -0.1) is 0 Å². The molecule has 0 saturated carbocycles. The monoisotopic (exact) mass is 676 g/mol. The molecule has 2 aromatic rings. The number of hydrogen-bond donors (Lipinski definition) is 2. The van der Waals surface area contributed by atoms with E-state index in [1.54, 1.807) is 0 Å². The average molecular weight is 676 g/mol. The molecule has 0 radical (unpaired) electrons. The maximum Gasteiger partial charge on any atom is 0.534 e. The summed E-state index contributed by atoms with van der Waals surface area (Å²) in [5.41, 5.74) is -11.6. The summed E-state index contributed by atoms with van der Waals surface area (Å²) >= 11 is 0. The van der Waals surface area contributed by atoms with Gasteiger partial charge in [0.15, 0.2) is 23.1 Å². The van der Waals surface area contributed by atoms with Crippen molar-refractivity contribution in [3.63, 3.8) is 0 Å². The highest BCUT2D eigenvalue weighted by Crippen LogP contribution is 2.32. The molecule has 0 saturated heterocycles. The van der Waals surface area contributed by atoms with Crippen LogP contribution >= 0.6 is 0 Å². The number of pyridine rings is 2. The molecular weight excluding hydrogens is 668 g/mol. The van der Waals surface area contributed by atoms with Crippen LogP contribution in [0.4, 0.5) is 64.3 Å². The summed E-state index contributed by atoms with van der Waals surface area (Å²) in [4.78, 5) is 27.5. The second kappa shape index (κ2) is 12.4. The van der Waals surface area contributed by atoms with E-state index < -0.39 is 78.6 Å². The predicted octanol–water partition coefficient (Wildman–Crippen LogP) is 3.62. The van der Waals surface area contributed by atoms with E-state index in [1.165, 1.54) is 0 Å². The molecule has 0 atom stereocenters. The topological polar surface area (TPSA) is 171 Å². The number of hydrogen-bond acceptors (Lipinski definition) is 10. The van der Waals surface area contributed by atoms with Crippen LogP contribution in [0.3, 0.4) is 0 Å². The summed E-state index contributed by atoms with van der Waals surface area (Å²) in [5, 5.41) is 2.19. The van der Waals surface area contributed by atoms with Crippen LogP contribution in [0.1, 0.15) is 0 Å². The Morgan fingerprint density at radius 3 is 1.12 bits per heavy atom. The molecule has 2 rings (SSSR count). The van der Waals surface area contributed by atoms with Gasteiger partial charge >= 0.3 is 55.4 Å². The minimum atomic E-state index is -6.12. The van der Waals surface area contributed by atoms with Crippen LogP contribution in [-0.4, -0.2) is 62.0 Å². The second-order valence-corrected chi connectivity index (χ2v) is 9.65. The van der Waals surface area contributed by atoms with Gasteiger partial charge in [0.25, 0.3) is 0 Å². The number of amides is 2. The molecule has 0 fully saturated rings. The first-order valence-electron chi connectivity index (χ1n) is 9.37. The van der Waals surface area contributed by atoms with Crippen molar-refractivity contribution in [1.29, 1.82) is 0 Å². The molecule has 0 unspecified atom stereocenters. The highest BCUT2D eigenvalue weighted by atomic mass is 32.2. The Morgan fingerprint density at radius 1 is 0.595 bits per heavy atom. The third kappa shape index (κ3) is 10.1. The normalized spacial score (nSPS) is 12.9. The number of rotatable bonds is 6.